The zero-order chi connectivity index (χ0) is 11.4. The molecule has 15 heavy (non-hydrogen) atoms. The quantitative estimate of drug-likeness (QED) is 0.791. The van der Waals surface area contributed by atoms with Crippen molar-refractivity contribution in [2.75, 3.05) is 11.4 Å². The summed E-state index contributed by atoms with van der Waals surface area (Å²) in [6.07, 6.45) is 5.24. The minimum atomic E-state index is -1.01. The summed E-state index contributed by atoms with van der Waals surface area (Å²) in [6, 6.07) is 0.203. The van der Waals surface area contributed by atoms with Gasteiger partial charge in [-0.2, -0.15) is 0 Å². The van der Waals surface area contributed by atoms with Crippen LogP contribution in [0.1, 0.15) is 24.3 Å². The second-order valence-corrected chi connectivity index (χ2v) is 4.08. The second kappa shape index (κ2) is 4.80. The van der Waals surface area contributed by atoms with Crippen molar-refractivity contribution < 1.29 is 9.90 Å². The van der Waals surface area contributed by atoms with Gasteiger partial charge in [-0.15, -0.1) is 17.8 Å². The minimum Gasteiger partial charge on any atom is -0.476 e. The molecule has 0 atom stereocenters. The van der Waals surface area contributed by atoms with Gasteiger partial charge in [-0.1, -0.05) is 5.92 Å². The zero-order valence-electron chi connectivity index (χ0n) is 8.60. The van der Waals surface area contributed by atoms with Crippen molar-refractivity contribution in [1.82, 2.24) is 4.98 Å². The van der Waals surface area contributed by atoms with Crippen LogP contribution in [0.3, 0.4) is 0 Å². The monoisotopic (exact) mass is 224 g/mol. The van der Waals surface area contributed by atoms with E-state index in [1.54, 1.807) is 0 Å². The Labute approximate surface area is 92.6 Å². The molecule has 1 aromatic rings. The molecule has 1 heterocycles. The second-order valence-electron chi connectivity index (χ2n) is 3.25. The van der Waals surface area contributed by atoms with Crippen molar-refractivity contribution in [2.45, 2.75) is 19.9 Å². The summed E-state index contributed by atoms with van der Waals surface area (Å²) in [6.45, 7) is 4.41. The normalized spacial score (nSPS) is 10.0. The van der Waals surface area contributed by atoms with Crippen LogP contribution < -0.4 is 4.90 Å². The van der Waals surface area contributed by atoms with E-state index in [1.807, 2.05) is 18.7 Å². The molecule has 0 bridgehead atoms. The molecule has 0 amide bonds. The maximum atomic E-state index is 10.6. The van der Waals surface area contributed by atoms with Crippen LogP contribution in [0.2, 0.25) is 0 Å². The molecule has 0 fully saturated rings. The van der Waals surface area contributed by atoms with Gasteiger partial charge in [-0.05, 0) is 13.8 Å². The molecule has 1 N–H and O–H groups in total. The maximum absolute atomic E-state index is 10.6. The van der Waals surface area contributed by atoms with E-state index >= 15 is 0 Å². The third kappa shape index (κ3) is 2.70. The Morgan fingerprint density at radius 1 is 1.80 bits per heavy atom. The average Bonchev–Trinajstić information content (AvgIpc) is 2.62. The summed E-state index contributed by atoms with van der Waals surface area (Å²) in [5.74, 6) is 1.52. The predicted molar refractivity (Wildman–Crippen MR) is 60.4 cm³/mol. The summed E-state index contributed by atoms with van der Waals surface area (Å²) < 4.78 is 0. The lowest BCUT2D eigenvalue weighted by molar-refractivity contribution is 0.0691. The first-order chi connectivity index (χ1) is 7.06. The number of terminal acetylenes is 1. The topological polar surface area (TPSA) is 53.4 Å². The predicted octanol–water partition coefficient (Wildman–Crippen LogP) is 1.69. The number of carboxylic acid groups (broad SMARTS) is 1. The highest BCUT2D eigenvalue weighted by atomic mass is 32.1. The summed E-state index contributed by atoms with van der Waals surface area (Å²) in [4.78, 5) is 16.5. The number of carboxylic acids is 1. The lowest BCUT2D eigenvalue weighted by Crippen LogP contribution is -2.30. The Morgan fingerprint density at radius 3 is 2.87 bits per heavy atom. The Balaban J connectivity index is 2.92. The van der Waals surface area contributed by atoms with Crippen molar-refractivity contribution in [1.29, 1.82) is 0 Å². The van der Waals surface area contributed by atoms with Crippen LogP contribution in [-0.2, 0) is 0 Å². The van der Waals surface area contributed by atoms with Crippen LogP contribution in [0.25, 0.3) is 0 Å². The van der Waals surface area contributed by atoms with Gasteiger partial charge >= 0.3 is 5.97 Å². The number of aromatic carboxylic acids is 1. The van der Waals surface area contributed by atoms with Crippen molar-refractivity contribution in [3.05, 3.63) is 11.1 Å². The van der Waals surface area contributed by atoms with E-state index in [0.717, 1.165) is 0 Å². The lowest BCUT2D eigenvalue weighted by atomic mass is 10.3. The van der Waals surface area contributed by atoms with E-state index in [4.69, 9.17) is 11.5 Å². The minimum absolute atomic E-state index is 0.0673. The van der Waals surface area contributed by atoms with Crippen molar-refractivity contribution in [3.63, 3.8) is 0 Å². The van der Waals surface area contributed by atoms with Crippen LogP contribution in [0.5, 0.6) is 0 Å². The van der Waals surface area contributed by atoms with Gasteiger partial charge < -0.3 is 10.0 Å². The van der Waals surface area contributed by atoms with Gasteiger partial charge in [0.05, 0.1) is 6.54 Å². The number of hydrogen-bond acceptors (Lipinski definition) is 4. The van der Waals surface area contributed by atoms with Gasteiger partial charge in [-0.3, -0.25) is 0 Å². The molecule has 0 aliphatic rings. The molecule has 4 nitrogen and oxygen atoms in total. The molecule has 0 aromatic carbocycles. The highest BCUT2D eigenvalue weighted by molar-refractivity contribution is 7.13. The highest BCUT2D eigenvalue weighted by Crippen LogP contribution is 2.22. The molecule has 0 radical (unpaired) electrons. The third-order valence-corrected chi connectivity index (χ3v) is 2.72. The molecular formula is C10H12N2O2S. The van der Waals surface area contributed by atoms with Gasteiger partial charge in [0.1, 0.15) is 0 Å². The first kappa shape index (κ1) is 11.5. The standard InChI is InChI=1S/C10H12N2O2S/c1-4-5-12(7(2)3)10-11-8(6-15-10)9(13)14/h1,6-7H,5H2,2-3H3,(H,13,14). The van der Waals surface area contributed by atoms with Gasteiger partial charge in [-0.25, -0.2) is 9.78 Å². The molecule has 1 rings (SSSR count). The van der Waals surface area contributed by atoms with Crippen molar-refractivity contribution >= 4 is 22.4 Å². The fraction of sp³-hybridized carbons (Fsp3) is 0.400. The highest BCUT2D eigenvalue weighted by Gasteiger charge is 2.15. The summed E-state index contributed by atoms with van der Waals surface area (Å²) >= 11 is 1.29. The SMILES string of the molecule is C#CCN(c1nc(C(=O)O)cs1)C(C)C. The molecule has 0 unspecified atom stereocenters. The summed E-state index contributed by atoms with van der Waals surface area (Å²) in [5, 5.41) is 10.9. The van der Waals surface area contributed by atoms with Gasteiger partial charge in [0.25, 0.3) is 0 Å². The average molecular weight is 224 g/mol. The van der Waals surface area contributed by atoms with Crippen LogP contribution in [0.15, 0.2) is 5.38 Å². The largest absolute Gasteiger partial charge is 0.476 e. The number of anilines is 1. The number of aromatic nitrogens is 1. The van der Waals surface area contributed by atoms with Crippen LogP contribution >= 0.6 is 11.3 Å². The summed E-state index contributed by atoms with van der Waals surface area (Å²) in [5.41, 5.74) is 0.0673. The maximum Gasteiger partial charge on any atom is 0.355 e. The fourth-order valence-electron chi connectivity index (χ4n) is 1.06. The number of carbonyl (C=O) groups is 1. The molecule has 1 aromatic heterocycles. The Morgan fingerprint density at radius 2 is 2.47 bits per heavy atom. The molecule has 0 spiro atoms. The van der Waals surface area contributed by atoms with E-state index < -0.39 is 5.97 Å². The Kier molecular flexibility index (Phi) is 3.69. The lowest BCUT2D eigenvalue weighted by Gasteiger charge is -2.23. The molecule has 80 valence electrons. The first-order valence-corrected chi connectivity index (χ1v) is 5.33. The van der Waals surface area contributed by atoms with Gasteiger partial charge in [0, 0.05) is 11.4 Å². The van der Waals surface area contributed by atoms with E-state index in [0.29, 0.717) is 11.7 Å². The molecule has 0 saturated heterocycles. The molecule has 0 saturated carbocycles. The van der Waals surface area contributed by atoms with Crippen LogP contribution in [0.4, 0.5) is 5.13 Å². The van der Waals surface area contributed by atoms with E-state index in [9.17, 15) is 4.79 Å². The molecule has 5 heteroatoms. The van der Waals surface area contributed by atoms with Crippen LogP contribution in [0, 0.1) is 12.3 Å². The van der Waals surface area contributed by atoms with E-state index in [2.05, 4.69) is 10.9 Å². The van der Waals surface area contributed by atoms with Crippen molar-refractivity contribution in [3.8, 4) is 12.3 Å². The van der Waals surface area contributed by atoms with Crippen LogP contribution in [-0.4, -0.2) is 28.6 Å². The fourth-order valence-corrected chi connectivity index (χ4v) is 2.00. The third-order valence-electron chi connectivity index (χ3n) is 1.84. The van der Waals surface area contributed by atoms with Gasteiger partial charge in [0.15, 0.2) is 10.8 Å². The van der Waals surface area contributed by atoms with E-state index in [-0.39, 0.29) is 11.7 Å². The van der Waals surface area contributed by atoms with Gasteiger partial charge in [0.2, 0.25) is 0 Å². The number of thiazole rings is 1. The number of rotatable bonds is 4. The Bertz CT molecular complexity index is 392. The smallest absolute Gasteiger partial charge is 0.355 e. The molecule has 0 aliphatic heterocycles. The number of nitrogens with zero attached hydrogens (tertiary/aromatic N) is 2. The first-order valence-electron chi connectivity index (χ1n) is 4.45. The summed E-state index contributed by atoms with van der Waals surface area (Å²) in [7, 11) is 0. The zero-order valence-corrected chi connectivity index (χ0v) is 9.41. The molecule has 0 aliphatic carbocycles. The molecular weight excluding hydrogens is 212 g/mol. The Hall–Kier alpha value is -1.54. The number of hydrogen-bond donors (Lipinski definition) is 1. The van der Waals surface area contributed by atoms with E-state index in [1.165, 1.54) is 16.7 Å². The van der Waals surface area contributed by atoms with Crippen molar-refractivity contribution in [2.24, 2.45) is 0 Å².